The van der Waals surface area contributed by atoms with Gasteiger partial charge >= 0.3 is 6.09 Å². The van der Waals surface area contributed by atoms with Crippen molar-refractivity contribution in [2.45, 2.75) is 62.5 Å². The molecule has 0 spiro atoms. The fourth-order valence-corrected chi connectivity index (χ4v) is 4.24. The number of carbonyl (C=O) groups excluding carboxylic acids is 2. The Bertz CT molecular complexity index is 1110. The van der Waals surface area contributed by atoms with E-state index in [4.69, 9.17) is 9.15 Å². The Morgan fingerprint density at radius 1 is 1.19 bits per heavy atom. The molecule has 0 radical (unpaired) electrons. The lowest BCUT2D eigenvalue weighted by Gasteiger charge is -2.21. The smallest absolute Gasteiger partial charge is 0.422 e. The molecular weight excluding hydrogens is 428 g/mol. The Kier molecular flexibility index (Phi) is 5.85. The standard InChI is InChI=1S/C23H26N4O4S/c1-5-15-8-10-16(11-9-15)24-19(28)23(12-13-23)32-20-26-25-18(17-7-6-14-30-17)27(20)21(29)31-22(2,3)4/h6-11,14H,5,12-13H2,1-4H3,(H,24,28). The molecule has 0 bridgehead atoms. The second kappa shape index (κ2) is 8.46. The molecule has 1 aromatic carbocycles. The maximum Gasteiger partial charge on any atom is 0.422 e. The number of nitrogens with one attached hydrogen (secondary N) is 1. The van der Waals surface area contributed by atoms with E-state index < -0.39 is 16.4 Å². The fraction of sp³-hybridized carbons (Fsp3) is 0.391. The van der Waals surface area contributed by atoms with Crippen molar-refractivity contribution < 1.29 is 18.7 Å². The quantitative estimate of drug-likeness (QED) is 0.550. The molecule has 4 rings (SSSR count). The predicted molar refractivity (Wildman–Crippen MR) is 122 cm³/mol. The summed E-state index contributed by atoms with van der Waals surface area (Å²) in [6, 6.07) is 11.2. The molecule has 8 nitrogen and oxygen atoms in total. The van der Waals surface area contributed by atoms with Crippen LogP contribution in [0.4, 0.5) is 10.5 Å². The molecule has 1 fully saturated rings. The summed E-state index contributed by atoms with van der Waals surface area (Å²) in [7, 11) is 0. The lowest BCUT2D eigenvalue weighted by Crippen LogP contribution is -2.30. The highest BCUT2D eigenvalue weighted by Gasteiger charge is 2.52. The largest absolute Gasteiger partial charge is 0.461 e. The maximum absolute atomic E-state index is 13.1. The number of amides is 1. The van der Waals surface area contributed by atoms with Crippen LogP contribution in [0.3, 0.4) is 0 Å². The van der Waals surface area contributed by atoms with E-state index in [1.54, 1.807) is 32.9 Å². The van der Waals surface area contributed by atoms with Gasteiger partial charge in [-0.05, 0) is 69.9 Å². The molecule has 2 heterocycles. The van der Waals surface area contributed by atoms with Crippen molar-refractivity contribution in [1.82, 2.24) is 14.8 Å². The number of aryl methyl sites for hydroxylation is 1. The zero-order chi connectivity index (χ0) is 22.9. The number of carbonyl (C=O) groups is 2. The first-order valence-corrected chi connectivity index (χ1v) is 11.3. The Labute approximate surface area is 190 Å². The van der Waals surface area contributed by atoms with Crippen molar-refractivity contribution in [3.8, 4) is 11.6 Å². The zero-order valence-electron chi connectivity index (χ0n) is 18.5. The second-order valence-electron chi connectivity index (χ2n) is 8.70. The molecule has 3 aromatic rings. The van der Waals surface area contributed by atoms with Crippen LogP contribution in [0.15, 0.2) is 52.2 Å². The molecule has 0 saturated heterocycles. The third kappa shape index (κ3) is 4.72. The number of hydrogen-bond donors (Lipinski definition) is 1. The minimum atomic E-state index is -0.712. The number of anilines is 1. The van der Waals surface area contributed by atoms with E-state index in [2.05, 4.69) is 22.4 Å². The molecule has 168 valence electrons. The van der Waals surface area contributed by atoms with Gasteiger partial charge < -0.3 is 14.5 Å². The first-order chi connectivity index (χ1) is 15.2. The monoisotopic (exact) mass is 454 g/mol. The number of aromatic nitrogens is 3. The van der Waals surface area contributed by atoms with E-state index in [0.717, 1.165) is 12.1 Å². The van der Waals surface area contributed by atoms with Crippen molar-refractivity contribution in [2.24, 2.45) is 0 Å². The zero-order valence-corrected chi connectivity index (χ0v) is 19.4. The van der Waals surface area contributed by atoms with Crippen LogP contribution < -0.4 is 5.32 Å². The van der Waals surface area contributed by atoms with Crippen LogP contribution in [0.25, 0.3) is 11.6 Å². The summed E-state index contributed by atoms with van der Waals surface area (Å²) < 4.78 is 11.6. The van der Waals surface area contributed by atoms with E-state index >= 15 is 0 Å². The van der Waals surface area contributed by atoms with Gasteiger partial charge in [-0.2, -0.15) is 0 Å². The minimum Gasteiger partial charge on any atom is -0.461 e. The first kappa shape index (κ1) is 22.1. The first-order valence-electron chi connectivity index (χ1n) is 10.5. The molecule has 1 aliphatic carbocycles. The number of thioether (sulfide) groups is 1. The van der Waals surface area contributed by atoms with Crippen LogP contribution in [0.5, 0.6) is 0 Å². The summed E-state index contributed by atoms with van der Waals surface area (Å²) in [6.07, 6.45) is 3.16. The highest BCUT2D eigenvalue weighted by molar-refractivity contribution is 8.01. The van der Waals surface area contributed by atoms with Crippen LogP contribution in [-0.2, 0) is 16.0 Å². The second-order valence-corrected chi connectivity index (χ2v) is 10.1. The Hall–Kier alpha value is -3.07. The molecule has 2 aromatic heterocycles. The summed E-state index contributed by atoms with van der Waals surface area (Å²) in [4.78, 5) is 26.1. The van der Waals surface area contributed by atoms with Gasteiger partial charge in [0.05, 0.1) is 6.26 Å². The number of hydrogen-bond acceptors (Lipinski definition) is 7. The SMILES string of the molecule is CCc1ccc(NC(=O)C2(Sc3nnc(-c4ccco4)n3C(=O)OC(C)(C)C)CC2)cc1. The molecule has 1 amide bonds. The number of benzene rings is 1. The topological polar surface area (TPSA) is 99.3 Å². The lowest BCUT2D eigenvalue weighted by atomic mass is 10.1. The van der Waals surface area contributed by atoms with E-state index in [1.165, 1.54) is 28.2 Å². The average Bonchev–Trinajstić information content (AvgIpc) is 3.12. The number of furan rings is 1. The van der Waals surface area contributed by atoms with E-state index in [-0.39, 0.29) is 11.7 Å². The molecule has 0 aliphatic heterocycles. The van der Waals surface area contributed by atoms with Gasteiger partial charge in [0.15, 0.2) is 5.76 Å². The van der Waals surface area contributed by atoms with Gasteiger partial charge in [0.25, 0.3) is 0 Å². The normalized spacial score (nSPS) is 14.8. The van der Waals surface area contributed by atoms with Gasteiger partial charge in [-0.25, -0.2) is 9.36 Å². The Morgan fingerprint density at radius 3 is 2.47 bits per heavy atom. The summed E-state index contributed by atoms with van der Waals surface area (Å²) in [5.74, 6) is 0.503. The Balaban J connectivity index is 1.59. The van der Waals surface area contributed by atoms with E-state index in [1.807, 2.05) is 24.3 Å². The predicted octanol–water partition coefficient (Wildman–Crippen LogP) is 5.15. The van der Waals surface area contributed by atoms with Gasteiger partial charge in [-0.1, -0.05) is 30.8 Å². The summed E-state index contributed by atoms with van der Waals surface area (Å²) in [6.45, 7) is 7.44. The van der Waals surface area contributed by atoms with Gasteiger partial charge in [0.1, 0.15) is 10.3 Å². The summed E-state index contributed by atoms with van der Waals surface area (Å²) in [5.41, 5.74) is 1.24. The number of nitrogens with zero attached hydrogens (tertiary/aromatic N) is 3. The fourth-order valence-electron chi connectivity index (χ4n) is 3.11. The lowest BCUT2D eigenvalue weighted by molar-refractivity contribution is -0.116. The van der Waals surface area contributed by atoms with Gasteiger partial charge in [-0.3, -0.25) is 4.79 Å². The van der Waals surface area contributed by atoms with Gasteiger partial charge in [-0.15, -0.1) is 10.2 Å². The van der Waals surface area contributed by atoms with Crippen LogP contribution in [-0.4, -0.2) is 37.1 Å². The third-order valence-corrected chi connectivity index (χ3v) is 6.41. The Morgan fingerprint density at radius 2 is 1.91 bits per heavy atom. The van der Waals surface area contributed by atoms with Gasteiger partial charge in [0, 0.05) is 5.69 Å². The highest BCUT2D eigenvalue weighted by Crippen LogP contribution is 2.52. The van der Waals surface area contributed by atoms with Crippen LogP contribution in [0.1, 0.15) is 46.1 Å². The average molecular weight is 455 g/mol. The number of rotatable bonds is 6. The maximum atomic E-state index is 13.1. The minimum absolute atomic E-state index is 0.120. The third-order valence-electron chi connectivity index (χ3n) is 4.98. The number of ether oxygens (including phenoxy) is 1. The van der Waals surface area contributed by atoms with Crippen molar-refractivity contribution in [2.75, 3.05) is 5.32 Å². The van der Waals surface area contributed by atoms with Crippen molar-refractivity contribution >= 4 is 29.4 Å². The van der Waals surface area contributed by atoms with Crippen LogP contribution in [0.2, 0.25) is 0 Å². The molecule has 1 N–H and O–H groups in total. The van der Waals surface area contributed by atoms with Crippen molar-refractivity contribution in [1.29, 1.82) is 0 Å². The van der Waals surface area contributed by atoms with Crippen molar-refractivity contribution in [3.63, 3.8) is 0 Å². The molecule has 1 saturated carbocycles. The molecule has 0 atom stereocenters. The summed E-state index contributed by atoms with van der Waals surface area (Å²) in [5, 5.41) is 11.6. The molecule has 1 aliphatic rings. The molecule has 32 heavy (non-hydrogen) atoms. The summed E-state index contributed by atoms with van der Waals surface area (Å²) >= 11 is 1.23. The highest BCUT2D eigenvalue weighted by atomic mass is 32.2. The molecule has 9 heteroatoms. The van der Waals surface area contributed by atoms with E-state index in [9.17, 15) is 9.59 Å². The molecular formula is C23H26N4O4S. The molecule has 0 unspecified atom stereocenters. The van der Waals surface area contributed by atoms with E-state index in [0.29, 0.717) is 23.8 Å². The van der Waals surface area contributed by atoms with Crippen LogP contribution >= 0.6 is 11.8 Å². The van der Waals surface area contributed by atoms with Crippen molar-refractivity contribution in [3.05, 3.63) is 48.2 Å². The van der Waals surface area contributed by atoms with Crippen LogP contribution in [0, 0.1) is 0 Å². The van der Waals surface area contributed by atoms with Gasteiger partial charge in [0.2, 0.25) is 16.9 Å².